The van der Waals surface area contributed by atoms with Crippen molar-refractivity contribution in [2.75, 3.05) is 19.8 Å². The summed E-state index contributed by atoms with van der Waals surface area (Å²) in [6.07, 6.45) is 46.2. The molecule has 0 saturated heterocycles. The molecule has 8 atom stereocenters. The molecular weight excluding hydrogens is 932 g/mol. The lowest BCUT2D eigenvalue weighted by molar-refractivity contribution is -0.220. The van der Waals surface area contributed by atoms with Gasteiger partial charge in [0.25, 0.3) is 0 Å². The topological polar surface area (TPSA) is 192 Å². The highest BCUT2D eigenvalue weighted by atomic mass is 31.2. The molecule has 0 bridgehead atoms. The van der Waals surface area contributed by atoms with Gasteiger partial charge in [0.05, 0.1) is 13.2 Å². The molecule has 6 N–H and O–H groups in total. The Kier molecular flexibility index (Phi) is 48.0. The van der Waals surface area contributed by atoms with E-state index < -0.39 is 63.1 Å². The number of aliphatic hydroxyl groups excluding tert-OH is 5. The quantitative estimate of drug-likeness (QED) is 0.0192. The van der Waals surface area contributed by atoms with E-state index in [-0.39, 0.29) is 13.0 Å². The molecule has 1 saturated carbocycles. The first-order valence-corrected chi connectivity index (χ1v) is 32.4. The number of ether oxygens (including phenoxy) is 2. The number of carbonyl (C=O) groups excluding carboxylic acids is 1. The van der Waals surface area contributed by atoms with Gasteiger partial charge in [-0.1, -0.05) is 290 Å². The van der Waals surface area contributed by atoms with Crippen LogP contribution in [0.25, 0.3) is 0 Å². The Morgan fingerprint density at radius 1 is 0.389 bits per heavy atom. The molecule has 0 heterocycles. The Morgan fingerprint density at radius 2 is 0.653 bits per heavy atom. The third kappa shape index (κ3) is 40.6. The Hall–Kier alpha value is -0.660. The van der Waals surface area contributed by atoms with E-state index in [0.717, 1.165) is 38.5 Å². The number of hydrogen-bond acceptors (Lipinski definition) is 11. The molecule has 12 nitrogen and oxygen atoms in total. The van der Waals surface area contributed by atoms with Crippen LogP contribution < -0.4 is 0 Å². The van der Waals surface area contributed by atoms with Crippen molar-refractivity contribution in [3.63, 3.8) is 0 Å². The lowest BCUT2D eigenvalue weighted by Gasteiger charge is -2.41. The highest BCUT2D eigenvalue weighted by Gasteiger charge is 2.51. The molecule has 1 aliphatic rings. The normalized spacial score (nSPS) is 20.5. The van der Waals surface area contributed by atoms with E-state index in [9.17, 15) is 39.8 Å². The smallest absolute Gasteiger partial charge is 0.457 e. The van der Waals surface area contributed by atoms with Crippen molar-refractivity contribution >= 4 is 13.8 Å². The summed E-state index contributed by atoms with van der Waals surface area (Å²) in [4.78, 5) is 23.4. The van der Waals surface area contributed by atoms with Crippen LogP contribution in [0.5, 0.6) is 0 Å². The first-order valence-electron chi connectivity index (χ1n) is 30.9. The number of phosphoric acid groups is 1. The predicted molar refractivity (Wildman–Crippen MR) is 295 cm³/mol. The highest BCUT2D eigenvalue weighted by molar-refractivity contribution is 7.47. The van der Waals surface area contributed by atoms with Crippen molar-refractivity contribution in [1.29, 1.82) is 0 Å². The second-order valence-corrected chi connectivity index (χ2v) is 23.3. The number of rotatable bonds is 55. The Bertz CT molecular complexity index is 1200. The number of aliphatic hydroxyl groups is 5. The minimum absolute atomic E-state index is 0.0669. The van der Waals surface area contributed by atoms with Gasteiger partial charge in [-0.05, 0) is 12.8 Å². The van der Waals surface area contributed by atoms with E-state index in [1.54, 1.807) is 0 Å². The lowest BCUT2D eigenvalue weighted by atomic mass is 9.85. The maximum absolute atomic E-state index is 12.9. The molecule has 0 aromatic rings. The lowest BCUT2D eigenvalue weighted by Crippen LogP contribution is -2.64. The fourth-order valence-electron chi connectivity index (χ4n) is 10.1. The summed E-state index contributed by atoms with van der Waals surface area (Å²) in [6, 6.07) is 0. The number of hydrogen-bond donors (Lipinski definition) is 6. The molecule has 13 heteroatoms. The molecule has 0 radical (unpaired) electrons. The van der Waals surface area contributed by atoms with Gasteiger partial charge in [-0.15, -0.1) is 0 Å². The molecule has 0 amide bonds. The standard InChI is InChI=1S/C59H117O12P/c1-3-5-7-9-11-13-15-17-19-21-23-24-25-26-27-28-29-30-31-32-34-36-38-40-42-44-46-48-53(60)70-52(51-69-72(66,67)71-59-57(64)55(62)54(61)56(63)58(59)65)50-68-49-47-45-43-41-39-37-35-33-22-20-18-16-14-12-10-8-6-4-2/h52,54-59,61-65H,3-51H2,1-2H3,(H,66,67)/t52-,54?,55-,56?,57?,58?,59?/m1/s1. The third-order valence-electron chi connectivity index (χ3n) is 15.0. The van der Waals surface area contributed by atoms with E-state index in [0.29, 0.717) is 13.0 Å². The largest absolute Gasteiger partial charge is 0.472 e. The molecule has 1 fully saturated rings. The Balaban J connectivity index is 2.21. The second kappa shape index (κ2) is 49.9. The molecule has 1 rings (SSSR count). The molecule has 0 aromatic heterocycles. The third-order valence-corrected chi connectivity index (χ3v) is 16.0. The zero-order valence-electron chi connectivity index (χ0n) is 46.8. The zero-order chi connectivity index (χ0) is 52.6. The van der Waals surface area contributed by atoms with Crippen molar-refractivity contribution in [2.24, 2.45) is 0 Å². The first-order chi connectivity index (χ1) is 35.0. The SMILES string of the molecule is CCCCCCCCCCCCCCCCCCCCCCCCCCCCCC(=O)O[C@H](COCCCCCCCCCCCCCCCCCCCC)COP(=O)(O)OC1C(O)C(O)C(O)[C@@H](O)C1O. The number of phosphoric ester groups is 1. The van der Waals surface area contributed by atoms with E-state index in [2.05, 4.69) is 13.8 Å². The predicted octanol–water partition coefficient (Wildman–Crippen LogP) is 15.2. The van der Waals surface area contributed by atoms with Crippen LogP contribution in [0.4, 0.5) is 0 Å². The van der Waals surface area contributed by atoms with Crippen molar-refractivity contribution in [3.05, 3.63) is 0 Å². The van der Waals surface area contributed by atoms with Crippen molar-refractivity contribution in [1.82, 2.24) is 0 Å². The van der Waals surface area contributed by atoms with Gasteiger partial charge in [-0.3, -0.25) is 13.8 Å². The monoisotopic (exact) mass is 1050 g/mol. The van der Waals surface area contributed by atoms with Gasteiger partial charge >= 0.3 is 13.8 Å². The molecule has 0 aliphatic heterocycles. The van der Waals surface area contributed by atoms with E-state index >= 15 is 0 Å². The summed E-state index contributed by atoms with van der Waals surface area (Å²) < 4.78 is 34.5. The van der Waals surface area contributed by atoms with Crippen LogP contribution in [0.2, 0.25) is 0 Å². The summed E-state index contributed by atoms with van der Waals surface area (Å²) in [5.74, 6) is -0.466. The summed E-state index contributed by atoms with van der Waals surface area (Å²) in [5.41, 5.74) is 0. The second-order valence-electron chi connectivity index (χ2n) is 21.9. The van der Waals surface area contributed by atoms with Crippen LogP contribution in [0.3, 0.4) is 0 Å². The fraction of sp³-hybridized carbons (Fsp3) is 0.983. The maximum atomic E-state index is 12.9. The van der Waals surface area contributed by atoms with E-state index in [1.165, 1.54) is 244 Å². The van der Waals surface area contributed by atoms with Crippen LogP contribution in [0, 0.1) is 0 Å². The first kappa shape index (κ1) is 69.4. The number of esters is 1. The number of carbonyl (C=O) groups is 1. The molecule has 72 heavy (non-hydrogen) atoms. The van der Waals surface area contributed by atoms with Gasteiger partial charge in [-0.25, -0.2) is 4.57 Å². The summed E-state index contributed by atoms with van der Waals surface area (Å²) in [5, 5.41) is 50.5. The van der Waals surface area contributed by atoms with E-state index in [1.807, 2.05) is 0 Å². The van der Waals surface area contributed by atoms with E-state index in [4.69, 9.17) is 18.5 Å². The van der Waals surface area contributed by atoms with Gasteiger partial charge in [0.15, 0.2) is 0 Å². The fourth-order valence-corrected chi connectivity index (χ4v) is 11.1. The average Bonchev–Trinajstić information content (AvgIpc) is 3.37. The van der Waals surface area contributed by atoms with Gasteiger partial charge in [0.2, 0.25) is 0 Å². The zero-order valence-corrected chi connectivity index (χ0v) is 47.7. The minimum Gasteiger partial charge on any atom is -0.457 e. The van der Waals surface area contributed by atoms with Gasteiger partial charge in [0.1, 0.15) is 42.7 Å². The molecule has 6 unspecified atom stereocenters. The summed E-state index contributed by atoms with van der Waals surface area (Å²) in [7, 11) is -5.02. The van der Waals surface area contributed by atoms with Crippen LogP contribution in [-0.4, -0.2) is 98.9 Å². The van der Waals surface area contributed by atoms with Gasteiger partial charge in [-0.2, -0.15) is 0 Å². The van der Waals surface area contributed by atoms with Crippen LogP contribution in [0.1, 0.15) is 309 Å². The van der Waals surface area contributed by atoms with Gasteiger partial charge < -0.3 is 39.9 Å². The Morgan fingerprint density at radius 3 is 0.958 bits per heavy atom. The van der Waals surface area contributed by atoms with Crippen molar-refractivity contribution in [3.8, 4) is 0 Å². The molecule has 0 spiro atoms. The maximum Gasteiger partial charge on any atom is 0.472 e. The molecule has 0 aromatic carbocycles. The van der Waals surface area contributed by atoms with Crippen molar-refractivity contribution < 1.29 is 58.3 Å². The van der Waals surface area contributed by atoms with Gasteiger partial charge in [0, 0.05) is 13.0 Å². The molecule has 1 aliphatic carbocycles. The minimum atomic E-state index is -5.02. The number of unbranched alkanes of at least 4 members (excludes halogenated alkanes) is 43. The molecular formula is C59H117O12P. The Labute approximate surface area is 442 Å². The summed E-state index contributed by atoms with van der Waals surface area (Å²) in [6.45, 7) is 4.35. The molecule has 430 valence electrons. The average molecular weight is 1050 g/mol. The summed E-state index contributed by atoms with van der Waals surface area (Å²) >= 11 is 0. The highest BCUT2D eigenvalue weighted by Crippen LogP contribution is 2.47. The van der Waals surface area contributed by atoms with Crippen LogP contribution in [0.15, 0.2) is 0 Å². The van der Waals surface area contributed by atoms with Crippen LogP contribution in [-0.2, 0) is 27.9 Å². The van der Waals surface area contributed by atoms with Crippen LogP contribution >= 0.6 is 7.82 Å². The van der Waals surface area contributed by atoms with Crippen molar-refractivity contribution in [2.45, 2.75) is 352 Å².